The van der Waals surface area contributed by atoms with Gasteiger partial charge in [-0.2, -0.15) is 0 Å². The molecule has 0 unspecified atom stereocenters. The number of hydrogen-bond acceptors (Lipinski definition) is 6. The number of carbonyl (C=O) groups excluding carboxylic acids is 1. The van der Waals surface area contributed by atoms with E-state index in [-0.39, 0.29) is 18.1 Å². The summed E-state index contributed by atoms with van der Waals surface area (Å²) in [5.41, 5.74) is 1.58. The molecule has 2 heterocycles. The third kappa shape index (κ3) is 5.94. The van der Waals surface area contributed by atoms with Crippen molar-refractivity contribution in [2.24, 2.45) is 0 Å². The zero-order chi connectivity index (χ0) is 21.6. The average Bonchev–Trinajstić information content (AvgIpc) is 3.21. The van der Waals surface area contributed by atoms with E-state index in [4.69, 9.17) is 21.1 Å². The van der Waals surface area contributed by atoms with Gasteiger partial charge in [-0.05, 0) is 42.5 Å². The van der Waals surface area contributed by atoms with Gasteiger partial charge >= 0.3 is 0 Å². The Morgan fingerprint density at radius 2 is 2.00 bits per heavy atom. The van der Waals surface area contributed by atoms with Gasteiger partial charge in [-0.3, -0.25) is 4.79 Å². The van der Waals surface area contributed by atoms with Gasteiger partial charge in [-0.1, -0.05) is 11.6 Å². The largest absolute Gasteiger partial charge is 0.486 e. The zero-order valence-electron chi connectivity index (χ0n) is 16.6. The average molecular weight is 462 g/mol. The van der Waals surface area contributed by atoms with Crippen LogP contribution in [0.25, 0.3) is 0 Å². The van der Waals surface area contributed by atoms with E-state index in [1.165, 1.54) is 17.4 Å². The molecule has 0 atom stereocenters. The van der Waals surface area contributed by atoms with Gasteiger partial charge in [0.1, 0.15) is 23.2 Å². The van der Waals surface area contributed by atoms with Crippen molar-refractivity contribution in [2.75, 3.05) is 36.5 Å². The molecule has 31 heavy (non-hydrogen) atoms. The molecule has 1 fully saturated rings. The molecule has 1 aliphatic heterocycles. The summed E-state index contributed by atoms with van der Waals surface area (Å²) < 4.78 is 25.5. The van der Waals surface area contributed by atoms with Crippen molar-refractivity contribution in [3.63, 3.8) is 0 Å². The predicted octanol–water partition coefficient (Wildman–Crippen LogP) is 4.53. The topological polar surface area (TPSA) is 63.7 Å². The number of halogens is 2. The van der Waals surface area contributed by atoms with Crippen LogP contribution in [-0.4, -0.2) is 37.2 Å². The molecular formula is C22H21ClFN3O3S. The van der Waals surface area contributed by atoms with Crippen LogP contribution in [-0.2, 0) is 22.6 Å². The van der Waals surface area contributed by atoms with Gasteiger partial charge in [-0.15, -0.1) is 11.3 Å². The normalized spacial score (nSPS) is 13.8. The molecule has 0 radical (unpaired) electrons. The summed E-state index contributed by atoms with van der Waals surface area (Å²) in [5, 5.41) is 5.96. The van der Waals surface area contributed by atoms with E-state index in [1.54, 1.807) is 36.4 Å². The second-order valence-electron chi connectivity index (χ2n) is 6.97. The number of amides is 1. The first-order valence-electron chi connectivity index (χ1n) is 9.80. The SMILES string of the molecule is O=C(Cc1csc(COc2ccc(Cl)cc2)n1)Nc1ccc(N2CCOCC2)c(F)c1. The van der Waals surface area contributed by atoms with E-state index in [0.717, 1.165) is 5.01 Å². The summed E-state index contributed by atoms with van der Waals surface area (Å²) in [6.07, 6.45) is 0.101. The van der Waals surface area contributed by atoms with Gasteiger partial charge in [0.15, 0.2) is 0 Å². The number of anilines is 2. The molecule has 1 amide bonds. The first-order chi connectivity index (χ1) is 15.1. The lowest BCUT2D eigenvalue weighted by atomic mass is 10.2. The molecule has 0 spiro atoms. The molecule has 162 valence electrons. The van der Waals surface area contributed by atoms with E-state index >= 15 is 0 Å². The van der Waals surface area contributed by atoms with Crippen LogP contribution in [0.4, 0.5) is 15.8 Å². The van der Waals surface area contributed by atoms with Crippen molar-refractivity contribution in [3.05, 3.63) is 69.4 Å². The number of benzene rings is 2. The summed E-state index contributed by atoms with van der Waals surface area (Å²) in [5.74, 6) is 0.0745. The Kier molecular flexibility index (Phi) is 7.01. The smallest absolute Gasteiger partial charge is 0.230 e. The lowest BCUT2D eigenvalue weighted by Crippen LogP contribution is -2.36. The highest BCUT2D eigenvalue weighted by Crippen LogP contribution is 2.24. The van der Waals surface area contributed by atoms with Gasteiger partial charge < -0.3 is 19.7 Å². The molecule has 1 N–H and O–H groups in total. The summed E-state index contributed by atoms with van der Waals surface area (Å²) >= 11 is 7.28. The Morgan fingerprint density at radius 3 is 2.74 bits per heavy atom. The van der Waals surface area contributed by atoms with E-state index in [2.05, 4.69) is 10.3 Å². The third-order valence-electron chi connectivity index (χ3n) is 4.70. The molecule has 9 heteroatoms. The lowest BCUT2D eigenvalue weighted by molar-refractivity contribution is -0.115. The molecule has 0 bridgehead atoms. The van der Waals surface area contributed by atoms with E-state index < -0.39 is 0 Å². The summed E-state index contributed by atoms with van der Waals surface area (Å²) in [6, 6.07) is 11.8. The van der Waals surface area contributed by atoms with Gasteiger partial charge in [0, 0.05) is 29.2 Å². The van der Waals surface area contributed by atoms with Crippen molar-refractivity contribution >= 4 is 40.2 Å². The van der Waals surface area contributed by atoms with Crippen LogP contribution >= 0.6 is 22.9 Å². The molecule has 6 nitrogen and oxygen atoms in total. The number of rotatable bonds is 7. The molecule has 1 saturated heterocycles. The number of morpholine rings is 1. The maximum Gasteiger partial charge on any atom is 0.230 e. The van der Waals surface area contributed by atoms with Crippen molar-refractivity contribution < 1.29 is 18.7 Å². The Morgan fingerprint density at radius 1 is 1.23 bits per heavy atom. The van der Waals surface area contributed by atoms with Crippen molar-refractivity contribution in [3.8, 4) is 5.75 Å². The number of thiazole rings is 1. The summed E-state index contributed by atoms with van der Waals surface area (Å²) in [4.78, 5) is 18.7. The van der Waals surface area contributed by atoms with Crippen molar-refractivity contribution in [1.82, 2.24) is 4.98 Å². The number of hydrogen-bond donors (Lipinski definition) is 1. The quantitative estimate of drug-likeness (QED) is 0.560. The fraction of sp³-hybridized carbons (Fsp3) is 0.273. The second kappa shape index (κ2) is 10.1. The first-order valence-corrected chi connectivity index (χ1v) is 11.1. The molecule has 0 aliphatic carbocycles. The lowest BCUT2D eigenvalue weighted by Gasteiger charge is -2.29. The minimum absolute atomic E-state index is 0.101. The molecule has 0 saturated carbocycles. The van der Waals surface area contributed by atoms with Crippen LogP contribution in [0, 0.1) is 5.82 Å². The Balaban J connectivity index is 1.29. The second-order valence-corrected chi connectivity index (χ2v) is 8.34. The fourth-order valence-corrected chi connectivity index (χ4v) is 4.02. The summed E-state index contributed by atoms with van der Waals surface area (Å²) in [6.45, 7) is 2.77. The predicted molar refractivity (Wildman–Crippen MR) is 120 cm³/mol. The number of aromatic nitrogens is 1. The molecule has 1 aliphatic rings. The highest BCUT2D eigenvalue weighted by Gasteiger charge is 2.16. The highest BCUT2D eigenvalue weighted by molar-refractivity contribution is 7.09. The van der Waals surface area contributed by atoms with Crippen molar-refractivity contribution in [1.29, 1.82) is 0 Å². The molecule has 2 aromatic carbocycles. The van der Waals surface area contributed by atoms with Gasteiger partial charge in [0.2, 0.25) is 5.91 Å². The molecular weight excluding hydrogens is 441 g/mol. The minimum Gasteiger partial charge on any atom is -0.486 e. The molecule has 1 aromatic heterocycles. The maximum atomic E-state index is 14.5. The first kappa shape index (κ1) is 21.5. The van der Waals surface area contributed by atoms with E-state index in [9.17, 15) is 9.18 Å². The van der Waals surface area contributed by atoms with Crippen LogP contribution in [0.15, 0.2) is 47.8 Å². The Hall–Kier alpha value is -2.68. The summed E-state index contributed by atoms with van der Waals surface area (Å²) in [7, 11) is 0. The van der Waals surface area contributed by atoms with Gasteiger partial charge in [0.05, 0.1) is 31.0 Å². The zero-order valence-corrected chi connectivity index (χ0v) is 18.2. The Labute approximate surface area is 188 Å². The van der Waals surface area contributed by atoms with Crippen LogP contribution < -0.4 is 15.0 Å². The highest BCUT2D eigenvalue weighted by atomic mass is 35.5. The number of ether oxygens (including phenoxy) is 2. The van der Waals surface area contributed by atoms with E-state index in [1.807, 2.05) is 10.3 Å². The van der Waals surface area contributed by atoms with Crippen LogP contribution in [0.1, 0.15) is 10.7 Å². The monoisotopic (exact) mass is 461 g/mol. The molecule has 4 rings (SSSR count). The Bertz CT molecular complexity index is 1040. The molecule has 3 aromatic rings. The minimum atomic E-state index is -0.366. The van der Waals surface area contributed by atoms with Gasteiger partial charge in [-0.25, -0.2) is 9.37 Å². The fourth-order valence-electron chi connectivity index (χ4n) is 3.19. The standard InChI is InChI=1S/C22H21ClFN3O3S/c23-15-1-4-18(5-2-15)30-13-22-26-17(14-31-22)12-21(28)25-16-3-6-20(19(24)11-16)27-7-9-29-10-8-27/h1-6,11,14H,7-10,12-13H2,(H,25,28). The van der Waals surface area contributed by atoms with Gasteiger partial charge in [0.25, 0.3) is 0 Å². The van der Waals surface area contributed by atoms with E-state index in [0.29, 0.717) is 60.8 Å². The third-order valence-corrected chi connectivity index (χ3v) is 5.82. The maximum absolute atomic E-state index is 14.5. The number of carbonyl (C=O) groups is 1. The van der Waals surface area contributed by atoms with Crippen LogP contribution in [0.2, 0.25) is 5.02 Å². The van der Waals surface area contributed by atoms with Crippen LogP contribution in [0.3, 0.4) is 0 Å². The number of nitrogens with zero attached hydrogens (tertiary/aromatic N) is 2. The number of nitrogens with one attached hydrogen (secondary N) is 1. The van der Waals surface area contributed by atoms with Crippen molar-refractivity contribution in [2.45, 2.75) is 13.0 Å². The van der Waals surface area contributed by atoms with Crippen LogP contribution in [0.5, 0.6) is 5.75 Å².